The quantitative estimate of drug-likeness (QED) is 0.669. The van der Waals surface area contributed by atoms with E-state index in [1.807, 2.05) is 30.3 Å². The van der Waals surface area contributed by atoms with Gasteiger partial charge in [0.1, 0.15) is 0 Å². The first-order valence-electron chi connectivity index (χ1n) is 6.35. The molecule has 2 N–H and O–H groups in total. The molecule has 0 aliphatic carbocycles. The lowest BCUT2D eigenvalue weighted by Crippen LogP contribution is -2.12. The molecule has 1 unspecified atom stereocenters. The lowest BCUT2D eigenvalue weighted by molar-refractivity contribution is 0.873. The second kappa shape index (κ2) is 5.57. The number of nitrogens with two attached hydrogens (primary N) is 1. The van der Waals surface area contributed by atoms with E-state index in [0.717, 1.165) is 15.6 Å². The minimum Gasteiger partial charge on any atom is -0.320 e. The van der Waals surface area contributed by atoms with Gasteiger partial charge in [0.25, 0.3) is 0 Å². The molecule has 3 heteroatoms. The first-order chi connectivity index (χ1) is 9.66. The van der Waals surface area contributed by atoms with Crippen molar-refractivity contribution in [1.29, 1.82) is 0 Å². The van der Waals surface area contributed by atoms with Crippen LogP contribution >= 0.6 is 27.5 Å². The highest BCUT2D eigenvalue weighted by molar-refractivity contribution is 9.10. The summed E-state index contributed by atoms with van der Waals surface area (Å²) < 4.78 is 0.868. The lowest BCUT2D eigenvalue weighted by atomic mass is 9.97. The van der Waals surface area contributed by atoms with Crippen LogP contribution in [0.4, 0.5) is 0 Å². The van der Waals surface area contributed by atoms with Crippen LogP contribution in [0.25, 0.3) is 10.8 Å². The molecule has 0 saturated heterocycles. The van der Waals surface area contributed by atoms with E-state index in [0.29, 0.717) is 5.02 Å². The minimum absolute atomic E-state index is 0.232. The van der Waals surface area contributed by atoms with Crippen LogP contribution in [0.1, 0.15) is 17.2 Å². The zero-order valence-electron chi connectivity index (χ0n) is 10.7. The summed E-state index contributed by atoms with van der Waals surface area (Å²) in [6.07, 6.45) is 0. The van der Waals surface area contributed by atoms with Gasteiger partial charge >= 0.3 is 0 Å². The fourth-order valence-electron chi connectivity index (χ4n) is 2.34. The van der Waals surface area contributed by atoms with Gasteiger partial charge in [-0.05, 0) is 50.0 Å². The minimum atomic E-state index is -0.232. The Balaban J connectivity index is 2.08. The molecular weight excluding hydrogens is 334 g/mol. The van der Waals surface area contributed by atoms with Crippen LogP contribution in [0.5, 0.6) is 0 Å². The van der Waals surface area contributed by atoms with E-state index in [2.05, 4.69) is 46.3 Å². The summed E-state index contributed by atoms with van der Waals surface area (Å²) in [4.78, 5) is 0. The third-order valence-electron chi connectivity index (χ3n) is 3.45. The molecule has 1 atom stereocenters. The molecule has 0 aliphatic rings. The van der Waals surface area contributed by atoms with Gasteiger partial charge in [-0.25, -0.2) is 0 Å². The van der Waals surface area contributed by atoms with Crippen LogP contribution in [0.3, 0.4) is 0 Å². The van der Waals surface area contributed by atoms with Gasteiger partial charge in [-0.3, -0.25) is 0 Å². The Hall–Kier alpha value is -1.35. The van der Waals surface area contributed by atoms with E-state index in [1.165, 1.54) is 10.8 Å². The van der Waals surface area contributed by atoms with Crippen molar-refractivity contribution in [2.45, 2.75) is 6.04 Å². The number of benzene rings is 3. The van der Waals surface area contributed by atoms with Gasteiger partial charge in [-0.1, -0.05) is 60.1 Å². The number of hydrogen-bond acceptors (Lipinski definition) is 1. The molecule has 3 aromatic rings. The van der Waals surface area contributed by atoms with Crippen LogP contribution in [0.2, 0.25) is 5.02 Å². The van der Waals surface area contributed by atoms with E-state index < -0.39 is 0 Å². The van der Waals surface area contributed by atoms with E-state index in [4.69, 9.17) is 17.3 Å². The van der Waals surface area contributed by atoms with Gasteiger partial charge in [-0.15, -0.1) is 0 Å². The highest BCUT2D eigenvalue weighted by Gasteiger charge is 2.14. The maximum Gasteiger partial charge on any atom is 0.0599 e. The molecule has 0 heterocycles. The average Bonchev–Trinajstić information content (AvgIpc) is 2.49. The van der Waals surface area contributed by atoms with Crippen molar-refractivity contribution >= 4 is 38.3 Å². The van der Waals surface area contributed by atoms with Gasteiger partial charge in [0, 0.05) is 4.47 Å². The number of hydrogen-bond donors (Lipinski definition) is 1. The van der Waals surface area contributed by atoms with Crippen molar-refractivity contribution in [3.63, 3.8) is 0 Å². The Labute approximate surface area is 131 Å². The first kappa shape index (κ1) is 13.6. The molecule has 0 aromatic heterocycles. The molecule has 0 bridgehead atoms. The van der Waals surface area contributed by atoms with E-state index in [1.54, 1.807) is 0 Å². The fourth-order valence-corrected chi connectivity index (χ4v) is 2.97. The van der Waals surface area contributed by atoms with Crippen LogP contribution in [-0.4, -0.2) is 0 Å². The summed E-state index contributed by atoms with van der Waals surface area (Å²) in [7, 11) is 0. The third kappa shape index (κ3) is 2.47. The topological polar surface area (TPSA) is 26.0 Å². The van der Waals surface area contributed by atoms with E-state index >= 15 is 0 Å². The Bertz CT molecular complexity index is 770. The summed E-state index contributed by atoms with van der Waals surface area (Å²) in [5.41, 5.74) is 8.36. The maximum absolute atomic E-state index is 6.37. The molecule has 0 fully saturated rings. The highest BCUT2D eigenvalue weighted by atomic mass is 79.9. The Morgan fingerprint density at radius 1 is 0.900 bits per heavy atom. The molecule has 1 nitrogen and oxygen atoms in total. The summed E-state index contributed by atoms with van der Waals surface area (Å²) in [5.74, 6) is 0. The van der Waals surface area contributed by atoms with E-state index in [-0.39, 0.29) is 6.04 Å². The number of halogens is 2. The Kier molecular flexibility index (Phi) is 3.79. The predicted molar refractivity (Wildman–Crippen MR) is 89.1 cm³/mol. The summed E-state index contributed by atoms with van der Waals surface area (Å²) in [6, 6.07) is 20.1. The molecular formula is C17H13BrClN. The second-order valence-electron chi connectivity index (χ2n) is 4.73. The SMILES string of the molecule is NC(c1ccc2ccccc2c1)c1cccc(Br)c1Cl. The molecule has 3 aromatic carbocycles. The van der Waals surface area contributed by atoms with Crippen molar-refractivity contribution in [1.82, 2.24) is 0 Å². The molecule has 0 spiro atoms. The number of rotatable bonds is 2. The molecule has 20 heavy (non-hydrogen) atoms. The zero-order valence-corrected chi connectivity index (χ0v) is 13.0. The fraction of sp³-hybridized carbons (Fsp3) is 0.0588. The van der Waals surface area contributed by atoms with Crippen LogP contribution in [0, 0.1) is 0 Å². The normalized spacial score (nSPS) is 12.6. The van der Waals surface area contributed by atoms with Crippen LogP contribution in [0.15, 0.2) is 65.1 Å². The van der Waals surface area contributed by atoms with Gasteiger partial charge in [0.15, 0.2) is 0 Å². The van der Waals surface area contributed by atoms with Crippen molar-refractivity contribution in [2.24, 2.45) is 5.73 Å². The Morgan fingerprint density at radius 3 is 2.45 bits per heavy atom. The van der Waals surface area contributed by atoms with Gasteiger partial charge in [0.2, 0.25) is 0 Å². The Morgan fingerprint density at radius 2 is 1.65 bits per heavy atom. The predicted octanol–water partition coefficient (Wildman–Crippen LogP) is 5.30. The monoisotopic (exact) mass is 345 g/mol. The van der Waals surface area contributed by atoms with Gasteiger partial charge < -0.3 is 5.73 Å². The summed E-state index contributed by atoms with van der Waals surface area (Å²) in [6.45, 7) is 0. The standard InChI is InChI=1S/C17H13BrClN/c18-15-7-3-6-14(16(15)19)17(20)13-9-8-11-4-1-2-5-12(11)10-13/h1-10,17H,20H2. The first-order valence-corrected chi connectivity index (χ1v) is 7.52. The summed E-state index contributed by atoms with van der Waals surface area (Å²) in [5, 5.41) is 3.07. The van der Waals surface area contributed by atoms with Crippen molar-refractivity contribution in [2.75, 3.05) is 0 Å². The smallest absolute Gasteiger partial charge is 0.0599 e. The zero-order chi connectivity index (χ0) is 14.1. The highest BCUT2D eigenvalue weighted by Crippen LogP contribution is 2.32. The molecule has 100 valence electrons. The van der Waals surface area contributed by atoms with Crippen LogP contribution < -0.4 is 5.73 Å². The third-order valence-corrected chi connectivity index (χ3v) is 4.76. The molecule has 0 aliphatic heterocycles. The number of fused-ring (bicyclic) bond motifs is 1. The molecule has 0 radical (unpaired) electrons. The van der Waals surface area contributed by atoms with Crippen molar-refractivity contribution in [3.05, 3.63) is 81.3 Å². The lowest BCUT2D eigenvalue weighted by Gasteiger charge is -2.15. The van der Waals surface area contributed by atoms with E-state index in [9.17, 15) is 0 Å². The van der Waals surface area contributed by atoms with Crippen LogP contribution in [-0.2, 0) is 0 Å². The average molecular weight is 347 g/mol. The maximum atomic E-state index is 6.37. The summed E-state index contributed by atoms with van der Waals surface area (Å²) >= 11 is 9.77. The second-order valence-corrected chi connectivity index (χ2v) is 5.96. The molecule has 0 saturated carbocycles. The van der Waals surface area contributed by atoms with Crippen molar-refractivity contribution in [3.8, 4) is 0 Å². The molecule has 3 rings (SSSR count). The largest absolute Gasteiger partial charge is 0.320 e. The molecule has 0 amide bonds. The van der Waals surface area contributed by atoms with Crippen molar-refractivity contribution < 1.29 is 0 Å². The van der Waals surface area contributed by atoms with Gasteiger partial charge in [0.05, 0.1) is 11.1 Å². The van der Waals surface area contributed by atoms with Gasteiger partial charge in [-0.2, -0.15) is 0 Å².